The normalized spacial score (nSPS) is 20.6. The van der Waals surface area contributed by atoms with Gasteiger partial charge in [-0.05, 0) is 43.4 Å². The molecule has 3 nitrogen and oxygen atoms in total. The summed E-state index contributed by atoms with van der Waals surface area (Å²) < 4.78 is 22.9. The summed E-state index contributed by atoms with van der Waals surface area (Å²) >= 11 is 6.07. The van der Waals surface area contributed by atoms with Gasteiger partial charge in [0.15, 0.2) is 0 Å². The Balaban J connectivity index is 1.80. The van der Waals surface area contributed by atoms with Crippen molar-refractivity contribution in [2.75, 3.05) is 19.5 Å². The van der Waals surface area contributed by atoms with Gasteiger partial charge in [-0.1, -0.05) is 17.7 Å². The van der Waals surface area contributed by atoms with Crippen LogP contribution in [0.5, 0.6) is 5.75 Å². The van der Waals surface area contributed by atoms with Crippen molar-refractivity contribution in [3.8, 4) is 5.75 Å². The molecular weight excluding hydrogens is 296 g/mol. The molecule has 1 aliphatic rings. The van der Waals surface area contributed by atoms with Crippen LogP contribution in [-0.2, 0) is 21.3 Å². The second-order valence-corrected chi connectivity index (χ2v) is 7.02. The van der Waals surface area contributed by atoms with Crippen LogP contribution in [0.2, 0.25) is 5.02 Å². The minimum absolute atomic E-state index is 0.298. The van der Waals surface area contributed by atoms with Crippen molar-refractivity contribution >= 4 is 22.4 Å². The maximum atomic E-state index is 12.1. The molecule has 0 aromatic heterocycles. The molecule has 1 aliphatic heterocycles. The molecule has 0 saturated carbocycles. The maximum absolute atomic E-state index is 12.1. The van der Waals surface area contributed by atoms with Gasteiger partial charge >= 0.3 is 0 Å². The van der Waals surface area contributed by atoms with Crippen LogP contribution in [0, 0.1) is 0 Å². The van der Waals surface area contributed by atoms with Gasteiger partial charge < -0.3 is 9.47 Å². The third-order valence-electron chi connectivity index (χ3n) is 3.49. The number of hydrogen-bond acceptors (Lipinski definition) is 3. The molecule has 0 bridgehead atoms. The molecule has 2 rings (SSSR count). The maximum Gasteiger partial charge on any atom is 0.137 e. The third kappa shape index (κ3) is 4.76. The zero-order valence-corrected chi connectivity index (χ0v) is 13.3. The molecule has 5 heteroatoms. The average molecular weight is 317 g/mol. The standard InChI is InChI=1S/C15H21ClO3S/c1-18-15-6-5-12(10-14(15)16)11-20(17)9-7-13-4-2-3-8-19-13/h5-6,10,13H,2-4,7-9,11H2,1H3/t13-,20+/m0/s1. The highest BCUT2D eigenvalue weighted by molar-refractivity contribution is 7.84. The van der Waals surface area contributed by atoms with Gasteiger partial charge in [-0.2, -0.15) is 0 Å². The van der Waals surface area contributed by atoms with Crippen molar-refractivity contribution in [2.24, 2.45) is 0 Å². The molecule has 1 aromatic carbocycles. The Kier molecular flexibility index (Phi) is 6.33. The summed E-state index contributed by atoms with van der Waals surface area (Å²) in [6.45, 7) is 0.853. The Morgan fingerprint density at radius 2 is 2.30 bits per heavy atom. The molecular formula is C15H21ClO3S. The Bertz CT molecular complexity index is 458. The van der Waals surface area contributed by atoms with Gasteiger partial charge in [0, 0.05) is 28.9 Å². The van der Waals surface area contributed by atoms with E-state index in [0.29, 0.717) is 28.4 Å². The van der Waals surface area contributed by atoms with Crippen LogP contribution in [0.1, 0.15) is 31.2 Å². The second-order valence-electron chi connectivity index (χ2n) is 5.03. The van der Waals surface area contributed by atoms with E-state index in [1.807, 2.05) is 18.2 Å². The van der Waals surface area contributed by atoms with Gasteiger partial charge in [0.2, 0.25) is 0 Å². The largest absolute Gasteiger partial charge is 0.495 e. The average Bonchev–Trinajstić information content (AvgIpc) is 2.46. The molecule has 0 aliphatic carbocycles. The topological polar surface area (TPSA) is 35.5 Å². The summed E-state index contributed by atoms with van der Waals surface area (Å²) in [7, 11) is 0.718. The molecule has 112 valence electrons. The van der Waals surface area contributed by atoms with E-state index >= 15 is 0 Å². The minimum Gasteiger partial charge on any atom is -0.495 e. The van der Waals surface area contributed by atoms with Crippen LogP contribution in [0.3, 0.4) is 0 Å². The van der Waals surface area contributed by atoms with E-state index in [0.717, 1.165) is 31.4 Å². The number of rotatable bonds is 6. The predicted molar refractivity (Wildman–Crippen MR) is 82.9 cm³/mol. The fraction of sp³-hybridized carbons (Fsp3) is 0.600. The SMILES string of the molecule is COc1ccc(C[S@](=O)CC[C@@H]2CCCCO2)cc1Cl. The van der Waals surface area contributed by atoms with Crippen LogP contribution < -0.4 is 4.74 Å². The van der Waals surface area contributed by atoms with Crippen LogP contribution >= 0.6 is 11.6 Å². The Morgan fingerprint density at radius 1 is 1.45 bits per heavy atom. The fourth-order valence-electron chi connectivity index (χ4n) is 2.36. The lowest BCUT2D eigenvalue weighted by molar-refractivity contribution is 0.0148. The molecule has 1 saturated heterocycles. The highest BCUT2D eigenvalue weighted by atomic mass is 35.5. The lowest BCUT2D eigenvalue weighted by atomic mass is 10.1. The van der Waals surface area contributed by atoms with Crippen molar-refractivity contribution < 1.29 is 13.7 Å². The molecule has 0 unspecified atom stereocenters. The van der Waals surface area contributed by atoms with Crippen molar-refractivity contribution in [1.82, 2.24) is 0 Å². The number of methoxy groups -OCH3 is 1. The highest BCUT2D eigenvalue weighted by Gasteiger charge is 2.15. The van der Waals surface area contributed by atoms with Gasteiger partial charge in [0.05, 0.1) is 18.2 Å². The van der Waals surface area contributed by atoms with E-state index in [4.69, 9.17) is 21.1 Å². The van der Waals surface area contributed by atoms with Crippen molar-refractivity contribution in [3.63, 3.8) is 0 Å². The number of benzene rings is 1. The van der Waals surface area contributed by atoms with E-state index in [9.17, 15) is 4.21 Å². The Morgan fingerprint density at radius 3 is 2.95 bits per heavy atom. The zero-order valence-electron chi connectivity index (χ0n) is 11.8. The first-order valence-corrected chi connectivity index (χ1v) is 8.84. The predicted octanol–water partition coefficient (Wildman–Crippen LogP) is 3.56. The van der Waals surface area contributed by atoms with E-state index in [1.165, 1.54) is 6.42 Å². The van der Waals surface area contributed by atoms with Crippen LogP contribution in [-0.4, -0.2) is 29.8 Å². The lowest BCUT2D eigenvalue weighted by Crippen LogP contribution is -2.21. The van der Waals surface area contributed by atoms with E-state index in [2.05, 4.69) is 0 Å². The zero-order chi connectivity index (χ0) is 14.4. The Labute approximate surface area is 128 Å². The van der Waals surface area contributed by atoms with E-state index in [-0.39, 0.29) is 0 Å². The summed E-state index contributed by atoms with van der Waals surface area (Å²) in [4.78, 5) is 0. The van der Waals surface area contributed by atoms with Gasteiger partial charge in [0.25, 0.3) is 0 Å². The first kappa shape index (κ1) is 15.8. The number of ether oxygens (including phenoxy) is 2. The second kappa shape index (κ2) is 8.01. The third-order valence-corrected chi connectivity index (χ3v) is 5.13. The fourth-order valence-corrected chi connectivity index (χ4v) is 3.86. The van der Waals surface area contributed by atoms with Gasteiger partial charge in [0.1, 0.15) is 5.75 Å². The summed E-state index contributed by atoms with van der Waals surface area (Å²) in [6, 6.07) is 5.56. The molecule has 0 amide bonds. The van der Waals surface area contributed by atoms with Gasteiger partial charge in [-0.25, -0.2) is 0 Å². The first-order valence-electron chi connectivity index (χ1n) is 6.98. The quantitative estimate of drug-likeness (QED) is 0.805. The minimum atomic E-state index is -0.869. The molecule has 0 radical (unpaired) electrons. The van der Waals surface area contributed by atoms with Gasteiger partial charge in [-0.15, -0.1) is 0 Å². The van der Waals surface area contributed by atoms with Crippen molar-refractivity contribution in [2.45, 2.75) is 37.5 Å². The van der Waals surface area contributed by atoms with E-state index in [1.54, 1.807) is 7.11 Å². The number of hydrogen-bond donors (Lipinski definition) is 0. The molecule has 1 fully saturated rings. The van der Waals surface area contributed by atoms with Crippen molar-refractivity contribution in [3.05, 3.63) is 28.8 Å². The molecule has 2 atom stereocenters. The van der Waals surface area contributed by atoms with Crippen LogP contribution in [0.25, 0.3) is 0 Å². The smallest absolute Gasteiger partial charge is 0.137 e. The monoisotopic (exact) mass is 316 g/mol. The van der Waals surface area contributed by atoms with Crippen LogP contribution in [0.4, 0.5) is 0 Å². The van der Waals surface area contributed by atoms with Crippen LogP contribution in [0.15, 0.2) is 18.2 Å². The van der Waals surface area contributed by atoms with Gasteiger partial charge in [-0.3, -0.25) is 4.21 Å². The lowest BCUT2D eigenvalue weighted by Gasteiger charge is -2.22. The summed E-state index contributed by atoms with van der Waals surface area (Å²) in [6.07, 6.45) is 4.67. The molecule has 0 spiro atoms. The summed E-state index contributed by atoms with van der Waals surface area (Å²) in [5.74, 6) is 1.88. The van der Waals surface area contributed by atoms with Crippen molar-refractivity contribution in [1.29, 1.82) is 0 Å². The first-order chi connectivity index (χ1) is 9.69. The Hall–Kier alpha value is -0.580. The highest BCUT2D eigenvalue weighted by Crippen LogP contribution is 2.25. The molecule has 0 N–H and O–H groups in total. The van der Waals surface area contributed by atoms with E-state index < -0.39 is 10.8 Å². The summed E-state index contributed by atoms with van der Waals surface area (Å²) in [5.41, 5.74) is 0.985. The summed E-state index contributed by atoms with van der Waals surface area (Å²) in [5, 5.41) is 0.567. The molecule has 20 heavy (non-hydrogen) atoms. The molecule has 1 heterocycles. The molecule has 1 aromatic rings. The number of halogens is 1.